The summed E-state index contributed by atoms with van der Waals surface area (Å²) in [4.78, 5) is 13.5. The third kappa shape index (κ3) is 4.31. The predicted octanol–water partition coefficient (Wildman–Crippen LogP) is 1.39. The average molecular weight is 260 g/mol. The van der Waals surface area contributed by atoms with Crippen molar-refractivity contribution in [1.82, 2.24) is 4.90 Å². The monoisotopic (exact) mass is 260 g/mol. The van der Waals surface area contributed by atoms with Gasteiger partial charge < -0.3 is 15.4 Å². The van der Waals surface area contributed by atoms with Gasteiger partial charge in [-0.25, -0.2) is 0 Å². The van der Waals surface area contributed by atoms with Gasteiger partial charge in [0.25, 0.3) is 0 Å². The summed E-state index contributed by atoms with van der Waals surface area (Å²) in [5, 5.41) is 0. The fourth-order valence-corrected chi connectivity index (χ4v) is 1.76. The molecule has 0 aliphatic rings. The number of hydrogen-bond acceptors (Lipinski definition) is 3. The maximum atomic E-state index is 12.0. The van der Waals surface area contributed by atoms with Crippen molar-refractivity contribution in [2.45, 2.75) is 25.9 Å². The van der Waals surface area contributed by atoms with E-state index in [1.807, 2.05) is 31.2 Å². The lowest BCUT2D eigenvalue weighted by atomic mass is 10.1. The lowest BCUT2D eigenvalue weighted by Gasteiger charge is -2.21. The van der Waals surface area contributed by atoms with Gasteiger partial charge in [0.15, 0.2) is 0 Å². The average Bonchev–Trinajstić information content (AvgIpc) is 2.40. The second kappa shape index (κ2) is 7.45. The van der Waals surface area contributed by atoms with Crippen molar-refractivity contribution in [3.8, 4) is 18.1 Å². The molecular weight excluding hydrogens is 240 g/mol. The van der Waals surface area contributed by atoms with Crippen molar-refractivity contribution in [3.63, 3.8) is 0 Å². The minimum absolute atomic E-state index is 0.163. The Hall–Kier alpha value is -1.99. The van der Waals surface area contributed by atoms with Crippen LogP contribution < -0.4 is 10.5 Å². The number of nitrogens with zero attached hydrogens (tertiary/aromatic N) is 1. The minimum Gasteiger partial charge on any atom is -0.494 e. The number of terminal acetylenes is 1. The molecule has 1 atom stereocenters. The van der Waals surface area contributed by atoms with Crippen LogP contribution >= 0.6 is 0 Å². The largest absolute Gasteiger partial charge is 0.494 e. The summed E-state index contributed by atoms with van der Waals surface area (Å²) in [5.41, 5.74) is 6.67. The topological polar surface area (TPSA) is 55.6 Å². The van der Waals surface area contributed by atoms with E-state index < -0.39 is 6.04 Å². The third-order valence-electron chi connectivity index (χ3n) is 2.71. The molecule has 102 valence electrons. The molecule has 0 heterocycles. The highest BCUT2D eigenvalue weighted by molar-refractivity contribution is 5.81. The molecule has 1 unspecified atom stereocenters. The number of hydrogen-bond donors (Lipinski definition) is 1. The van der Waals surface area contributed by atoms with Crippen LogP contribution in [-0.2, 0) is 11.3 Å². The normalized spacial score (nSPS) is 11.5. The first-order chi connectivity index (χ1) is 9.10. The first-order valence-corrected chi connectivity index (χ1v) is 6.24. The van der Waals surface area contributed by atoms with Crippen LogP contribution in [0.25, 0.3) is 0 Å². The standard InChI is InChI=1S/C15H20N2O2/c1-4-8-13(16)15(18)17(3)11-12-9-6-7-10-14(12)19-5-2/h1,6-7,9-10,13H,5,8,11,16H2,2-3H3. The fourth-order valence-electron chi connectivity index (χ4n) is 1.76. The summed E-state index contributed by atoms with van der Waals surface area (Å²) < 4.78 is 5.52. The van der Waals surface area contributed by atoms with Crippen LogP contribution in [0.5, 0.6) is 5.75 Å². The zero-order valence-electron chi connectivity index (χ0n) is 11.4. The molecule has 1 rings (SSSR count). The van der Waals surface area contributed by atoms with Crippen LogP contribution in [-0.4, -0.2) is 30.5 Å². The Morgan fingerprint density at radius 1 is 1.53 bits per heavy atom. The molecule has 1 aromatic rings. The molecule has 0 aromatic heterocycles. The molecule has 0 bridgehead atoms. The van der Waals surface area contributed by atoms with Gasteiger partial charge in [-0.15, -0.1) is 12.3 Å². The number of amides is 1. The van der Waals surface area contributed by atoms with Crippen LogP contribution in [0.2, 0.25) is 0 Å². The summed E-state index contributed by atoms with van der Waals surface area (Å²) >= 11 is 0. The Morgan fingerprint density at radius 2 is 2.21 bits per heavy atom. The van der Waals surface area contributed by atoms with E-state index in [0.29, 0.717) is 13.2 Å². The van der Waals surface area contributed by atoms with E-state index in [-0.39, 0.29) is 12.3 Å². The quantitative estimate of drug-likeness (QED) is 0.786. The minimum atomic E-state index is -0.644. The Labute approximate surface area is 114 Å². The fraction of sp³-hybridized carbons (Fsp3) is 0.400. The van der Waals surface area contributed by atoms with Crippen LogP contribution in [0.3, 0.4) is 0 Å². The van der Waals surface area contributed by atoms with E-state index in [4.69, 9.17) is 16.9 Å². The molecule has 19 heavy (non-hydrogen) atoms. The highest BCUT2D eigenvalue weighted by Gasteiger charge is 2.18. The van der Waals surface area contributed by atoms with E-state index in [0.717, 1.165) is 11.3 Å². The Bertz CT molecular complexity index is 465. The van der Waals surface area contributed by atoms with E-state index >= 15 is 0 Å². The Kier molecular flexibility index (Phi) is 5.91. The van der Waals surface area contributed by atoms with Gasteiger partial charge in [0, 0.05) is 25.6 Å². The van der Waals surface area contributed by atoms with Gasteiger partial charge in [0.1, 0.15) is 5.75 Å². The first-order valence-electron chi connectivity index (χ1n) is 6.24. The van der Waals surface area contributed by atoms with Gasteiger partial charge in [-0.05, 0) is 13.0 Å². The van der Waals surface area contributed by atoms with E-state index in [2.05, 4.69) is 5.92 Å². The highest BCUT2D eigenvalue weighted by Crippen LogP contribution is 2.19. The summed E-state index contributed by atoms with van der Waals surface area (Å²) in [6.07, 6.45) is 5.41. The molecule has 0 aliphatic heterocycles. The molecule has 4 heteroatoms. The summed E-state index contributed by atoms with van der Waals surface area (Å²) in [6, 6.07) is 6.99. The van der Waals surface area contributed by atoms with Gasteiger partial charge in [0.2, 0.25) is 5.91 Å². The maximum absolute atomic E-state index is 12.0. The van der Waals surface area contributed by atoms with Crippen molar-refractivity contribution in [1.29, 1.82) is 0 Å². The van der Waals surface area contributed by atoms with Crippen LogP contribution in [0, 0.1) is 12.3 Å². The molecule has 0 saturated heterocycles. The van der Waals surface area contributed by atoms with Crippen molar-refractivity contribution in [3.05, 3.63) is 29.8 Å². The molecule has 0 radical (unpaired) electrons. The number of rotatable bonds is 6. The number of nitrogens with two attached hydrogens (primary N) is 1. The van der Waals surface area contributed by atoms with Crippen molar-refractivity contribution in [2.24, 2.45) is 5.73 Å². The molecule has 1 aromatic carbocycles. The molecular formula is C15H20N2O2. The lowest BCUT2D eigenvalue weighted by molar-refractivity contribution is -0.131. The van der Waals surface area contributed by atoms with Gasteiger partial charge in [-0.1, -0.05) is 18.2 Å². The SMILES string of the molecule is C#CCC(N)C(=O)N(C)Cc1ccccc1OCC. The van der Waals surface area contributed by atoms with Gasteiger partial charge in [-0.3, -0.25) is 4.79 Å². The van der Waals surface area contributed by atoms with E-state index in [1.165, 1.54) is 0 Å². The van der Waals surface area contributed by atoms with Crippen molar-refractivity contribution < 1.29 is 9.53 Å². The molecule has 0 spiro atoms. The maximum Gasteiger partial charge on any atom is 0.240 e. The highest BCUT2D eigenvalue weighted by atomic mass is 16.5. The molecule has 1 amide bonds. The number of para-hydroxylation sites is 1. The van der Waals surface area contributed by atoms with Crippen LogP contribution in [0.1, 0.15) is 18.9 Å². The zero-order valence-corrected chi connectivity index (χ0v) is 11.4. The summed E-state index contributed by atoms with van der Waals surface area (Å²) in [6.45, 7) is 2.97. The number of likely N-dealkylation sites (N-methyl/N-ethyl adjacent to an activating group) is 1. The van der Waals surface area contributed by atoms with Gasteiger partial charge in [-0.2, -0.15) is 0 Å². The Morgan fingerprint density at radius 3 is 2.84 bits per heavy atom. The van der Waals surface area contributed by atoms with Crippen molar-refractivity contribution >= 4 is 5.91 Å². The van der Waals surface area contributed by atoms with Crippen LogP contribution in [0.4, 0.5) is 0 Å². The lowest BCUT2D eigenvalue weighted by Crippen LogP contribution is -2.41. The van der Waals surface area contributed by atoms with E-state index in [9.17, 15) is 4.79 Å². The van der Waals surface area contributed by atoms with Crippen LogP contribution in [0.15, 0.2) is 24.3 Å². The molecule has 0 saturated carbocycles. The zero-order chi connectivity index (χ0) is 14.3. The molecule has 0 fully saturated rings. The Balaban J connectivity index is 2.74. The van der Waals surface area contributed by atoms with Crippen molar-refractivity contribution in [2.75, 3.05) is 13.7 Å². The van der Waals surface area contributed by atoms with E-state index in [1.54, 1.807) is 11.9 Å². The number of ether oxygens (including phenoxy) is 1. The third-order valence-corrected chi connectivity index (χ3v) is 2.71. The number of carbonyl (C=O) groups is 1. The summed E-state index contributed by atoms with van der Waals surface area (Å²) in [5.74, 6) is 3.03. The van der Waals surface area contributed by atoms with Gasteiger partial charge in [0.05, 0.1) is 12.6 Å². The van der Waals surface area contributed by atoms with Gasteiger partial charge >= 0.3 is 0 Å². The predicted molar refractivity (Wildman–Crippen MR) is 75.5 cm³/mol. The first kappa shape index (κ1) is 15.1. The molecule has 4 nitrogen and oxygen atoms in total. The second-order valence-electron chi connectivity index (χ2n) is 4.25. The second-order valence-corrected chi connectivity index (χ2v) is 4.25. The number of benzene rings is 1. The molecule has 2 N–H and O–H groups in total. The number of carbonyl (C=O) groups excluding carboxylic acids is 1. The smallest absolute Gasteiger partial charge is 0.240 e. The molecule has 0 aliphatic carbocycles. The summed E-state index contributed by atoms with van der Waals surface area (Å²) in [7, 11) is 1.71.